The molecule has 0 radical (unpaired) electrons. The zero-order chi connectivity index (χ0) is 10.7. The van der Waals surface area contributed by atoms with Gasteiger partial charge in [-0.2, -0.15) is 0 Å². The third-order valence-electron chi connectivity index (χ3n) is 2.26. The van der Waals surface area contributed by atoms with Gasteiger partial charge in [0.2, 0.25) is 0 Å². The van der Waals surface area contributed by atoms with Crippen LogP contribution in [0.2, 0.25) is 0 Å². The first kappa shape index (κ1) is 10.2. The minimum absolute atomic E-state index is 0.606. The molecule has 0 fully saturated rings. The van der Waals surface area contributed by atoms with Gasteiger partial charge in [-0.05, 0) is 34.7 Å². The Morgan fingerprint density at radius 1 is 1.27 bits per heavy atom. The summed E-state index contributed by atoms with van der Waals surface area (Å²) in [5.74, 6) is 0.882. The summed E-state index contributed by atoms with van der Waals surface area (Å²) in [4.78, 5) is 1.20. The number of rotatable bonds is 3. The molecule has 2 nitrogen and oxygen atoms in total. The minimum Gasteiger partial charge on any atom is -0.497 e. The molecule has 2 N–H and O–H groups in total. The van der Waals surface area contributed by atoms with Gasteiger partial charge in [0, 0.05) is 11.4 Å². The average molecular weight is 219 g/mol. The first-order chi connectivity index (χ1) is 7.33. The number of methoxy groups -OCH3 is 1. The second-order valence-electron chi connectivity index (χ2n) is 3.24. The van der Waals surface area contributed by atoms with E-state index < -0.39 is 0 Å². The summed E-state index contributed by atoms with van der Waals surface area (Å²) in [6.07, 6.45) is 0. The molecule has 1 aromatic carbocycles. The van der Waals surface area contributed by atoms with Crippen LogP contribution in [0.4, 0.5) is 0 Å². The topological polar surface area (TPSA) is 35.2 Å². The van der Waals surface area contributed by atoms with Crippen molar-refractivity contribution in [2.24, 2.45) is 5.73 Å². The van der Waals surface area contributed by atoms with E-state index in [4.69, 9.17) is 10.5 Å². The van der Waals surface area contributed by atoms with E-state index in [2.05, 4.69) is 17.5 Å². The molecular formula is C12H13NOS. The predicted molar refractivity (Wildman–Crippen MR) is 64.2 cm³/mol. The molecule has 15 heavy (non-hydrogen) atoms. The molecule has 0 atom stereocenters. The van der Waals surface area contributed by atoms with E-state index in [1.165, 1.54) is 16.0 Å². The van der Waals surface area contributed by atoms with Gasteiger partial charge in [0.15, 0.2) is 0 Å². The summed E-state index contributed by atoms with van der Waals surface area (Å²) < 4.78 is 5.19. The lowest BCUT2D eigenvalue weighted by Gasteiger charge is -2.01. The fourth-order valence-electron chi connectivity index (χ4n) is 1.44. The number of hydrogen-bond acceptors (Lipinski definition) is 3. The molecule has 0 amide bonds. The first-order valence-electron chi connectivity index (χ1n) is 4.75. The molecule has 0 aliphatic heterocycles. The summed E-state index contributed by atoms with van der Waals surface area (Å²) in [6, 6.07) is 10.2. The van der Waals surface area contributed by atoms with Gasteiger partial charge in [-0.3, -0.25) is 0 Å². The van der Waals surface area contributed by atoms with Crippen molar-refractivity contribution in [1.29, 1.82) is 0 Å². The van der Waals surface area contributed by atoms with Crippen molar-refractivity contribution in [3.8, 4) is 16.9 Å². The lowest BCUT2D eigenvalue weighted by molar-refractivity contribution is 0.415. The average Bonchev–Trinajstić information content (AvgIpc) is 2.78. The molecule has 0 aliphatic rings. The van der Waals surface area contributed by atoms with Crippen LogP contribution in [0.3, 0.4) is 0 Å². The maximum atomic E-state index is 5.58. The fraction of sp³-hybridized carbons (Fsp3) is 0.167. The Labute approximate surface area is 93.3 Å². The number of thiophene rings is 1. The van der Waals surface area contributed by atoms with E-state index in [0.29, 0.717) is 6.54 Å². The lowest BCUT2D eigenvalue weighted by Crippen LogP contribution is -1.91. The van der Waals surface area contributed by atoms with Gasteiger partial charge in [0.25, 0.3) is 0 Å². The molecule has 0 bridgehead atoms. The standard InChI is InChI=1S/C12H13NOS/c1-14-11-4-2-3-9(5-11)10-6-12(7-13)15-8-10/h2-6,8H,7,13H2,1H3. The summed E-state index contributed by atoms with van der Waals surface area (Å²) >= 11 is 1.69. The molecule has 2 rings (SSSR count). The van der Waals surface area contributed by atoms with Gasteiger partial charge in [-0.25, -0.2) is 0 Å². The van der Waals surface area contributed by atoms with Crippen molar-refractivity contribution in [3.63, 3.8) is 0 Å². The van der Waals surface area contributed by atoms with E-state index in [1.807, 2.05) is 18.2 Å². The van der Waals surface area contributed by atoms with Crippen LogP contribution in [0, 0.1) is 0 Å². The van der Waals surface area contributed by atoms with Crippen molar-refractivity contribution in [2.75, 3.05) is 7.11 Å². The molecule has 0 unspecified atom stereocenters. The second kappa shape index (κ2) is 4.47. The minimum atomic E-state index is 0.606. The molecule has 0 aliphatic carbocycles. The Balaban J connectivity index is 2.35. The molecule has 0 spiro atoms. The van der Waals surface area contributed by atoms with Crippen molar-refractivity contribution >= 4 is 11.3 Å². The van der Waals surface area contributed by atoms with Gasteiger partial charge in [0.1, 0.15) is 5.75 Å². The number of hydrogen-bond donors (Lipinski definition) is 1. The maximum Gasteiger partial charge on any atom is 0.119 e. The van der Waals surface area contributed by atoms with Crippen molar-refractivity contribution in [3.05, 3.63) is 40.6 Å². The SMILES string of the molecule is COc1cccc(-c2csc(CN)c2)c1. The maximum absolute atomic E-state index is 5.58. The van der Waals surface area contributed by atoms with Crippen LogP contribution >= 0.6 is 11.3 Å². The molecule has 0 saturated carbocycles. The Hall–Kier alpha value is -1.32. The quantitative estimate of drug-likeness (QED) is 0.861. The number of ether oxygens (including phenoxy) is 1. The molecule has 3 heteroatoms. The monoisotopic (exact) mass is 219 g/mol. The smallest absolute Gasteiger partial charge is 0.119 e. The zero-order valence-corrected chi connectivity index (χ0v) is 9.38. The van der Waals surface area contributed by atoms with Gasteiger partial charge < -0.3 is 10.5 Å². The largest absolute Gasteiger partial charge is 0.497 e. The number of nitrogens with two attached hydrogens (primary N) is 1. The Morgan fingerprint density at radius 2 is 2.13 bits per heavy atom. The van der Waals surface area contributed by atoms with E-state index in [-0.39, 0.29) is 0 Å². The summed E-state index contributed by atoms with van der Waals surface area (Å²) in [5.41, 5.74) is 7.96. The van der Waals surface area contributed by atoms with E-state index in [0.717, 1.165) is 5.75 Å². The van der Waals surface area contributed by atoms with Crippen LogP contribution in [-0.2, 0) is 6.54 Å². The zero-order valence-electron chi connectivity index (χ0n) is 8.57. The highest BCUT2D eigenvalue weighted by atomic mass is 32.1. The van der Waals surface area contributed by atoms with Crippen LogP contribution < -0.4 is 10.5 Å². The van der Waals surface area contributed by atoms with Crippen molar-refractivity contribution < 1.29 is 4.74 Å². The highest BCUT2D eigenvalue weighted by Gasteiger charge is 2.02. The second-order valence-corrected chi connectivity index (χ2v) is 4.23. The third kappa shape index (κ3) is 2.19. The van der Waals surface area contributed by atoms with Crippen LogP contribution in [-0.4, -0.2) is 7.11 Å². The van der Waals surface area contributed by atoms with Crippen LogP contribution in [0.1, 0.15) is 4.88 Å². The van der Waals surface area contributed by atoms with E-state index in [9.17, 15) is 0 Å². The molecular weight excluding hydrogens is 206 g/mol. The van der Waals surface area contributed by atoms with Gasteiger partial charge in [0.05, 0.1) is 7.11 Å². The summed E-state index contributed by atoms with van der Waals surface area (Å²) in [6.45, 7) is 0.606. The fourth-order valence-corrected chi connectivity index (χ4v) is 2.22. The van der Waals surface area contributed by atoms with Crippen molar-refractivity contribution in [1.82, 2.24) is 0 Å². The molecule has 78 valence electrons. The first-order valence-corrected chi connectivity index (χ1v) is 5.63. The predicted octanol–water partition coefficient (Wildman–Crippen LogP) is 2.88. The highest BCUT2D eigenvalue weighted by molar-refractivity contribution is 7.10. The van der Waals surface area contributed by atoms with Gasteiger partial charge in [-0.1, -0.05) is 12.1 Å². The van der Waals surface area contributed by atoms with Crippen molar-refractivity contribution in [2.45, 2.75) is 6.54 Å². The van der Waals surface area contributed by atoms with Crippen LogP contribution in [0.5, 0.6) is 5.75 Å². The Bertz CT molecular complexity index is 450. The van der Waals surface area contributed by atoms with E-state index in [1.54, 1.807) is 18.4 Å². The third-order valence-corrected chi connectivity index (χ3v) is 3.22. The summed E-state index contributed by atoms with van der Waals surface area (Å²) in [7, 11) is 1.68. The van der Waals surface area contributed by atoms with Crippen LogP contribution in [0.25, 0.3) is 11.1 Å². The molecule has 2 aromatic rings. The Kier molecular flexibility index (Phi) is 3.04. The van der Waals surface area contributed by atoms with Crippen LogP contribution in [0.15, 0.2) is 35.7 Å². The lowest BCUT2D eigenvalue weighted by atomic mass is 10.1. The van der Waals surface area contributed by atoms with E-state index >= 15 is 0 Å². The summed E-state index contributed by atoms with van der Waals surface area (Å²) in [5, 5.41) is 2.12. The number of benzene rings is 1. The highest BCUT2D eigenvalue weighted by Crippen LogP contribution is 2.27. The normalized spacial score (nSPS) is 10.3. The van der Waals surface area contributed by atoms with Gasteiger partial charge in [-0.15, -0.1) is 11.3 Å². The Morgan fingerprint density at radius 3 is 2.80 bits per heavy atom. The van der Waals surface area contributed by atoms with Gasteiger partial charge >= 0.3 is 0 Å². The molecule has 1 heterocycles. The molecule has 0 saturated heterocycles. The molecule has 1 aromatic heterocycles.